The molecule has 1 saturated heterocycles. The summed E-state index contributed by atoms with van der Waals surface area (Å²) in [5.74, 6) is 0.754. The first-order valence-electron chi connectivity index (χ1n) is 9.38. The molecule has 0 aromatic heterocycles. The summed E-state index contributed by atoms with van der Waals surface area (Å²) in [5, 5.41) is 3.43. The summed E-state index contributed by atoms with van der Waals surface area (Å²) in [6.45, 7) is 16.2. The van der Waals surface area contributed by atoms with Gasteiger partial charge in [0.1, 0.15) is 6.61 Å². The van der Waals surface area contributed by atoms with Crippen LogP contribution in [0.1, 0.15) is 34.1 Å². The van der Waals surface area contributed by atoms with Crippen molar-refractivity contribution in [1.82, 2.24) is 15.1 Å². The van der Waals surface area contributed by atoms with E-state index in [1.54, 1.807) is 0 Å². The van der Waals surface area contributed by atoms with Gasteiger partial charge >= 0.3 is 0 Å². The maximum atomic E-state index is 12.1. The molecular formula is C18H37N3O3. The van der Waals surface area contributed by atoms with Crippen molar-refractivity contribution in [2.75, 3.05) is 65.7 Å². The largest absolute Gasteiger partial charge is 0.379 e. The normalized spacial score (nSPS) is 16.3. The Morgan fingerprint density at radius 2 is 1.67 bits per heavy atom. The Bertz CT molecular complexity index is 329. The van der Waals surface area contributed by atoms with Crippen LogP contribution in [0.5, 0.6) is 0 Å². The number of amides is 1. The van der Waals surface area contributed by atoms with Crippen LogP contribution in [-0.4, -0.2) is 87.4 Å². The minimum atomic E-state index is 0.0946. The van der Waals surface area contributed by atoms with Gasteiger partial charge in [0, 0.05) is 51.9 Å². The number of nitrogens with zero attached hydrogens (tertiary/aromatic N) is 2. The highest BCUT2D eigenvalue weighted by atomic mass is 16.5. The van der Waals surface area contributed by atoms with Crippen LogP contribution in [0.15, 0.2) is 0 Å². The third kappa shape index (κ3) is 10.2. The van der Waals surface area contributed by atoms with Gasteiger partial charge in [0.2, 0.25) is 5.91 Å². The molecule has 0 spiro atoms. The minimum Gasteiger partial charge on any atom is -0.379 e. The molecular weight excluding hydrogens is 306 g/mol. The van der Waals surface area contributed by atoms with Gasteiger partial charge in [0.05, 0.1) is 13.2 Å². The lowest BCUT2D eigenvalue weighted by Crippen LogP contribution is -2.51. The fourth-order valence-electron chi connectivity index (χ4n) is 2.52. The van der Waals surface area contributed by atoms with Gasteiger partial charge in [0.15, 0.2) is 0 Å². The van der Waals surface area contributed by atoms with Crippen molar-refractivity contribution in [2.24, 2.45) is 5.92 Å². The zero-order chi connectivity index (χ0) is 17.8. The summed E-state index contributed by atoms with van der Waals surface area (Å²) in [6, 6.07) is 0.527. The van der Waals surface area contributed by atoms with Crippen LogP contribution < -0.4 is 5.32 Å². The van der Waals surface area contributed by atoms with Crippen LogP contribution >= 0.6 is 0 Å². The number of hydrogen-bond acceptors (Lipinski definition) is 5. The molecule has 1 amide bonds. The summed E-state index contributed by atoms with van der Waals surface area (Å²) >= 11 is 0. The summed E-state index contributed by atoms with van der Waals surface area (Å²) in [5.41, 5.74) is 0. The minimum absolute atomic E-state index is 0.0946. The van der Waals surface area contributed by atoms with Crippen molar-refractivity contribution in [3.63, 3.8) is 0 Å². The fourth-order valence-corrected chi connectivity index (χ4v) is 2.52. The highest BCUT2D eigenvalue weighted by Crippen LogP contribution is 2.02. The predicted octanol–water partition coefficient (Wildman–Crippen LogP) is 1.21. The first-order valence-corrected chi connectivity index (χ1v) is 9.38. The molecule has 6 heteroatoms. The van der Waals surface area contributed by atoms with E-state index < -0.39 is 0 Å². The van der Waals surface area contributed by atoms with Gasteiger partial charge < -0.3 is 19.7 Å². The highest BCUT2D eigenvalue weighted by molar-refractivity contribution is 5.77. The van der Waals surface area contributed by atoms with Crippen molar-refractivity contribution in [1.29, 1.82) is 0 Å². The molecule has 0 radical (unpaired) electrons. The van der Waals surface area contributed by atoms with Crippen LogP contribution in [-0.2, 0) is 14.3 Å². The summed E-state index contributed by atoms with van der Waals surface area (Å²) in [7, 11) is 0. The molecule has 0 unspecified atom stereocenters. The topological polar surface area (TPSA) is 54.0 Å². The molecule has 0 aromatic carbocycles. The van der Waals surface area contributed by atoms with Crippen molar-refractivity contribution >= 4 is 5.91 Å². The van der Waals surface area contributed by atoms with E-state index in [0.717, 1.165) is 52.3 Å². The summed E-state index contributed by atoms with van der Waals surface area (Å²) in [4.78, 5) is 16.4. The number of nitrogens with one attached hydrogen (secondary N) is 1. The first kappa shape index (κ1) is 21.4. The van der Waals surface area contributed by atoms with Crippen LogP contribution in [0.25, 0.3) is 0 Å². The van der Waals surface area contributed by atoms with Gasteiger partial charge in [-0.05, 0) is 12.3 Å². The first-order chi connectivity index (χ1) is 11.5. The molecule has 0 bridgehead atoms. The average Bonchev–Trinajstić information content (AvgIpc) is 2.53. The maximum absolute atomic E-state index is 12.1. The van der Waals surface area contributed by atoms with Crippen molar-refractivity contribution in [3.8, 4) is 0 Å². The van der Waals surface area contributed by atoms with Crippen molar-refractivity contribution in [3.05, 3.63) is 0 Å². The Morgan fingerprint density at radius 3 is 2.29 bits per heavy atom. The Balaban J connectivity index is 2.01. The lowest BCUT2D eigenvalue weighted by atomic mass is 10.1. The fraction of sp³-hybridized carbons (Fsp3) is 0.944. The number of piperazine rings is 1. The number of rotatable bonds is 12. The zero-order valence-electron chi connectivity index (χ0n) is 16.1. The quantitative estimate of drug-likeness (QED) is 0.540. The number of ether oxygens (including phenoxy) is 2. The SMILES string of the molecule is CC(C)CCOCCOCC(=O)N1CCN(CCNC(C)C)CC1. The molecule has 24 heavy (non-hydrogen) atoms. The van der Waals surface area contributed by atoms with E-state index in [1.807, 2.05) is 4.90 Å². The maximum Gasteiger partial charge on any atom is 0.248 e. The second-order valence-electron chi connectivity index (χ2n) is 7.18. The molecule has 0 aromatic rings. The molecule has 1 aliphatic rings. The molecule has 1 fully saturated rings. The number of hydrogen-bond donors (Lipinski definition) is 1. The van der Waals surface area contributed by atoms with Crippen LogP contribution in [0.4, 0.5) is 0 Å². The van der Waals surface area contributed by atoms with Gasteiger partial charge in [-0.1, -0.05) is 27.7 Å². The molecule has 1 rings (SSSR count). The third-order valence-corrected chi connectivity index (χ3v) is 4.14. The highest BCUT2D eigenvalue weighted by Gasteiger charge is 2.20. The number of carbonyl (C=O) groups excluding carboxylic acids is 1. The third-order valence-electron chi connectivity index (χ3n) is 4.14. The van der Waals surface area contributed by atoms with E-state index in [0.29, 0.717) is 25.2 Å². The Hall–Kier alpha value is -0.690. The Labute approximate surface area is 147 Å². The smallest absolute Gasteiger partial charge is 0.248 e. The van der Waals surface area contributed by atoms with Gasteiger partial charge in [0.25, 0.3) is 0 Å². The van der Waals surface area contributed by atoms with Gasteiger partial charge in [-0.15, -0.1) is 0 Å². The lowest BCUT2D eigenvalue weighted by Gasteiger charge is -2.34. The van der Waals surface area contributed by atoms with Crippen LogP contribution in [0.2, 0.25) is 0 Å². The van der Waals surface area contributed by atoms with E-state index in [-0.39, 0.29) is 12.5 Å². The summed E-state index contributed by atoms with van der Waals surface area (Å²) in [6.07, 6.45) is 1.07. The van der Waals surface area contributed by atoms with E-state index >= 15 is 0 Å². The van der Waals surface area contributed by atoms with Crippen molar-refractivity contribution < 1.29 is 14.3 Å². The Kier molecular flexibility index (Phi) is 11.2. The monoisotopic (exact) mass is 343 g/mol. The second kappa shape index (κ2) is 12.6. The van der Waals surface area contributed by atoms with E-state index in [9.17, 15) is 4.79 Å². The average molecular weight is 344 g/mol. The molecule has 142 valence electrons. The lowest BCUT2D eigenvalue weighted by molar-refractivity contribution is -0.138. The molecule has 0 saturated carbocycles. The van der Waals surface area contributed by atoms with Gasteiger partial charge in [-0.2, -0.15) is 0 Å². The summed E-state index contributed by atoms with van der Waals surface area (Å²) < 4.78 is 10.9. The number of carbonyl (C=O) groups is 1. The molecule has 0 atom stereocenters. The van der Waals surface area contributed by atoms with Gasteiger partial charge in [-0.3, -0.25) is 9.69 Å². The molecule has 1 heterocycles. The molecule has 6 nitrogen and oxygen atoms in total. The Morgan fingerprint density at radius 1 is 1.00 bits per heavy atom. The van der Waals surface area contributed by atoms with E-state index in [4.69, 9.17) is 9.47 Å². The molecule has 0 aliphatic carbocycles. The standard InChI is InChI=1S/C18H37N3O3/c1-16(2)5-12-23-13-14-24-15-18(22)21-10-8-20(9-11-21)7-6-19-17(3)4/h16-17,19H,5-15H2,1-4H3. The van der Waals surface area contributed by atoms with Gasteiger partial charge in [-0.25, -0.2) is 0 Å². The van der Waals surface area contributed by atoms with Crippen LogP contribution in [0.3, 0.4) is 0 Å². The van der Waals surface area contributed by atoms with Crippen molar-refractivity contribution in [2.45, 2.75) is 40.2 Å². The van der Waals surface area contributed by atoms with E-state index in [2.05, 4.69) is 37.9 Å². The predicted molar refractivity (Wildman–Crippen MR) is 97.3 cm³/mol. The second-order valence-corrected chi connectivity index (χ2v) is 7.18. The van der Waals surface area contributed by atoms with E-state index in [1.165, 1.54) is 0 Å². The zero-order valence-corrected chi connectivity index (χ0v) is 16.1. The van der Waals surface area contributed by atoms with Crippen LogP contribution in [0, 0.1) is 5.92 Å². The molecule has 1 aliphatic heterocycles. The molecule has 1 N–H and O–H groups in total.